The van der Waals surface area contributed by atoms with Gasteiger partial charge in [0.15, 0.2) is 5.60 Å². The summed E-state index contributed by atoms with van der Waals surface area (Å²) >= 11 is 0. The van der Waals surface area contributed by atoms with Crippen LogP contribution in [-0.4, -0.2) is 22.9 Å². The van der Waals surface area contributed by atoms with E-state index in [0.717, 1.165) is 16.7 Å². The van der Waals surface area contributed by atoms with E-state index in [4.69, 9.17) is 4.74 Å². The fraction of sp³-hybridized carbons (Fsp3) is 0.286. The molecule has 0 unspecified atom stereocenters. The molecule has 4 nitrogen and oxygen atoms in total. The third-order valence-electron chi connectivity index (χ3n) is 6.29. The molecule has 2 atom stereocenters. The number of cyclic esters (lactones) is 1. The van der Waals surface area contributed by atoms with Gasteiger partial charge in [0.1, 0.15) is 0 Å². The lowest BCUT2D eigenvalue weighted by Crippen LogP contribution is -2.50. The lowest BCUT2D eigenvalue weighted by atomic mass is 9.75. The van der Waals surface area contributed by atoms with Gasteiger partial charge in [-0.2, -0.15) is 0 Å². The molecule has 1 heterocycles. The number of carbonyl (C=O) groups is 2. The Morgan fingerprint density at radius 1 is 0.844 bits per heavy atom. The number of ether oxygens (including phenoxy) is 1. The molecule has 1 fully saturated rings. The van der Waals surface area contributed by atoms with Gasteiger partial charge in [-0.15, -0.1) is 0 Å². The first-order valence-corrected chi connectivity index (χ1v) is 11.2. The Hall–Kier alpha value is -3.40. The van der Waals surface area contributed by atoms with Crippen molar-refractivity contribution in [3.63, 3.8) is 0 Å². The number of amides is 2. The highest BCUT2D eigenvalue weighted by atomic mass is 16.6. The highest BCUT2D eigenvalue weighted by Gasteiger charge is 2.59. The van der Waals surface area contributed by atoms with Gasteiger partial charge in [-0.1, -0.05) is 112 Å². The largest absolute Gasteiger partial charge is 0.430 e. The molecule has 0 N–H and O–H groups in total. The summed E-state index contributed by atoms with van der Waals surface area (Å²) in [5, 5.41) is 0. The minimum Gasteiger partial charge on any atom is -0.430 e. The Labute approximate surface area is 189 Å². The Morgan fingerprint density at radius 3 is 1.78 bits per heavy atom. The molecule has 0 saturated carbocycles. The molecule has 1 aliphatic heterocycles. The Balaban J connectivity index is 1.77. The lowest BCUT2D eigenvalue weighted by Gasteiger charge is -2.37. The van der Waals surface area contributed by atoms with Gasteiger partial charge >= 0.3 is 6.09 Å². The number of imide groups is 1. The third-order valence-corrected chi connectivity index (χ3v) is 6.29. The average Bonchev–Trinajstić information content (AvgIpc) is 3.15. The third kappa shape index (κ3) is 3.81. The van der Waals surface area contributed by atoms with Gasteiger partial charge in [0.25, 0.3) is 0 Å². The number of nitrogens with zero attached hydrogens (tertiary/aromatic N) is 1. The van der Waals surface area contributed by atoms with E-state index >= 15 is 0 Å². The van der Waals surface area contributed by atoms with E-state index < -0.39 is 17.7 Å². The van der Waals surface area contributed by atoms with Gasteiger partial charge in [-0.05, 0) is 17.4 Å². The van der Waals surface area contributed by atoms with E-state index in [0.29, 0.717) is 0 Å². The average molecular weight is 428 g/mol. The van der Waals surface area contributed by atoms with Crippen LogP contribution in [0.2, 0.25) is 0 Å². The highest BCUT2D eigenvalue weighted by Crippen LogP contribution is 2.47. The summed E-state index contributed by atoms with van der Waals surface area (Å²) in [4.78, 5) is 28.2. The predicted molar refractivity (Wildman–Crippen MR) is 125 cm³/mol. The van der Waals surface area contributed by atoms with Gasteiger partial charge in [0, 0.05) is 17.5 Å². The second-order valence-electron chi connectivity index (χ2n) is 8.80. The maximum absolute atomic E-state index is 13.5. The summed E-state index contributed by atoms with van der Waals surface area (Å²) in [6, 6.07) is 29.0. The van der Waals surface area contributed by atoms with Crippen molar-refractivity contribution in [1.82, 2.24) is 4.90 Å². The molecule has 0 spiro atoms. The van der Waals surface area contributed by atoms with Crippen LogP contribution in [0.15, 0.2) is 91.0 Å². The maximum atomic E-state index is 13.5. The summed E-state index contributed by atoms with van der Waals surface area (Å²) in [7, 11) is 0. The first-order valence-electron chi connectivity index (χ1n) is 11.2. The van der Waals surface area contributed by atoms with E-state index in [1.54, 1.807) is 0 Å². The monoisotopic (exact) mass is 427 g/mol. The SMILES string of the molecule is CC(C)[C@@H]1N(C(=O)C[C@H](C)c2ccccc2)C(=O)OC1(c1ccccc1)c1ccccc1. The van der Waals surface area contributed by atoms with E-state index in [9.17, 15) is 9.59 Å². The Morgan fingerprint density at radius 2 is 1.31 bits per heavy atom. The van der Waals surface area contributed by atoms with E-state index in [1.807, 2.05) is 112 Å². The zero-order valence-corrected chi connectivity index (χ0v) is 18.8. The number of hydrogen-bond acceptors (Lipinski definition) is 3. The van der Waals surface area contributed by atoms with Crippen LogP contribution in [0.25, 0.3) is 0 Å². The second-order valence-corrected chi connectivity index (χ2v) is 8.80. The molecule has 0 aromatic heterocycles. The minimum absolute atomic E-state index is 0.00670. The molecule has 0 radical (unpaired) electrons. The molecule has 4 heteroatoms. The van der Waals surface area contributed by atoms with Gasteiger partial charge < -0.3 is 4.74 Å². The Bertz CT molecular complexity index is 1020. The van der Waals surface area contributed by atoms with Crippen LogP contribution in [0, 0.1) is 5.92 Å². The molecular weight excluding hydrogens is 398 g/mol. The summed E-state index contributed by atoms with van der Waals surface area (Å²) in [5.74, 6) is -0.232. The van der Waals surface area contributed by atoms with Crippen LogP contribution < -0.4 is 0 Å². The van der Waals surface area contributed by atoms with Gasteiger partial charge in [0.2, 0.25) is 5.91 Å². The molecule has 1 saturated heterocycles. The highest BCUT2D eigenvalue weighted by molar-refractivity contribution is 5.95. The molecular formula is C28H29NO3. The Kier molecular flexibility index (Phi) is 6.13. The molecule has 3 aromatic rings. The van der Waals surface area contributed by atoms with Crippen LogP contribution in [0.1, 0.15) is 49.8 Å². The summed E-state index contributed by atoms with van der Waals surface area (Å²) in [6.07, 6.45) is -0.344. The second kappa shape index (κ2) is 8.99. The number of hydrogen-bond donors (Lipinski definition) is 0. The summed E-state index contributed by atoms with van der Waals surface area (Å²) in [5.41, 5.74) is 1.75. The van der Waals surface area contributed by atoms with Crippen molar-refractivity contribution < 1.29 is 14.3 Å². The lowest BCUT2D eigenvalue weighted by molar-refractivity contribution is -0.130. The van der Waals surface area contributed by atoms with Gasteiger partial charge in [-0.25, -0.2) is 9.69 Å². The quantitative estimate of drug-likeness (QED) is 0.476. The van der Waals surface area contributed by atoms with Crippen molar-refractivity contribution in [2.24, 2.45) is 5.92 Å². The van der Waals surface area contributed by atoms with Crippen molar-refractivity contribution in [3.8, 4) is 0 Å². The topological polar surface area (TPSA) is 46.6 Å². The van der Waals surface area contributed by atoms with Crippen LogP contribution in [0.4, 0.5) is 4.79 Å². The van der Waals surface area contributed by atoms with Crippen LogP contribution in [0.5, 0.6) is 0 Å². The molecule has 1 aliphatic rings. The zero-order chi connectivity index (χ0) is 22.7. The number of benzene rings is 3. The van der Waals surface area contributed by atoms with Crippen molar-refractivity contribution >= 4 is 12.0 Å². The fourth-order valence-corrected chi connectivity index (χ4v) is 4.82. The summed E-state index contributed by atoms with van der Waals surface area (Å²) < 4.78 is 6.18. The molecule has 3 aromatic carbocycles. The smallest absolute Gasteiger partial charge is 0.418 e. The van der Waals surface area contributed by atoms with Crippen molar-refractivity contribution in [2.75, 3.05) is 0 Å². The molecule has 4 rings (SSSR count). The normalized spacial score (nSPS) is 18.4. The zero-order valence-electron chi connectivity index (χ0n) is 18.8. The molecule has 32 heavy (non-hydrogen) atoms. The van der Waals surface area contributed by atoms with Crippen molar-refractivity contribution in [2.45, 2.75) is 44.8 Å². The van der Waals surface area contributed by atoms with Crippen LogP contribution in [-0.2, 0) is 15.1 Å². The molecule has 2 amide bonds. The number of rotatable bonds is 6. The van der Waals surface area contributed by atoms with Gasteiger partial charge in [0.05, 0.1) is 6.04 Å². The van der Waals surface area contributed by atoms with Gasteiger partial charge in [-0.3, -0.25) is 4.79 Å². The van der Waals surface area contributed by atoms with E-state index in [2.05, 4.69) is 0 Å². The predicted octanol–water partition coefficient (Wildman–Crippen LogP) is 6.13. The standard InChI is InChI=1S/C28H29NO3/c1-20(2)26-28(23-15-9-5-10-16-23,24-17-11-6-12-18-24)32-27(31)29(26)25(30)19-21(3)22-13-7-4-8-14-22/h4-18,20-21,26H,19H2,1-3H3/t21-,26-/m0/s1. The van der Waals surface area contributed by atoms with E-state index in [-0.39, 0.29) is 24.2 Å². The molecule has 0 aliphatic carbocycles. The minimum atomic E-state index is -1.06. The molecule has 164 valence electrons. The van der Waals surface area contributed by atoms with Crippen molar-refractivity contribution in [1.29, 1.82) is 0 Å². The van der Waals surface area contributed by atoms with Crippen molar-refractivity contribution in [3.05, 3.63) is 108 Å². The first-order chi connectivity index (χ1) is 15.4. The van der Waals surface area contributed by atoms with Crippen LogP contribution in [0.3, 0.4) is 0 Å². The fourth-order valence-electron chi connectivity index (χ4n) is 4.82. The molecule has 0 bridgehead atoms. The summed E-state index contributed by atoms with van der Waals surface area (Å²) in [6.45, 7) is 6.09. The maximum Gasteiger partial charge on any atom is 0.418 e. The van der Waals surface area contributed by atoms with Crippen LogP contribution >= 0.6 is 0 Å². The van der Waals surface area contributed by atoms with E-state index in [1.165, 1.54) is 4.90 Å². The first kappa shape index (κ1) is 21.8. The number of carbonyl (C=O) groups excluding carboxylic acids is 2.